The standard InChI is InChI=1S/C14H11BrClNO2/c1-19-13-6-8(15)2-4-11(13)14(18)10-5-3-9(17)7-12(10)16/h2-7H,17H2,1H3. The molecule has 98 valence electrons. The smallest absolute Gasteiger partial charge is 0.198 e. The number of ketones is 1. The number of methoxy groups -OCH3 is 1. The van der Waals surface area contributed by atoms with Crippen molar-refractivity contribution in [3.63, 3.8) is 0 Å². The van der Waals surface area contributed by atoms with Crippen molar-refractivity contribution < 1.29 is 9.53 Å². The first-order valence-electron chi connectivity index (χ1n) is 5.46. The van der Waals surface area contributed by atoms with E-state index in [-0.39, 0.29) is 5.78 Å². The van der Waals surface area contributed by atoms with E-state index in [1.54, 1.807) is 36.4 Å². The van der Waals surface area contributed by atoms with Crippen LogP contribution in [-0.4, -0.2) is 12.9 Å². The molecule has 3 nitrogen and oxygen atoms in total. The van der Waals surface area contributed by atoms with Crippen molar-refractivity contribution in [2.24, 2.45) is 0 Å². The molecule has 0 bridgehead atoms. The van der Waals surface area contributed by atoms with Gasteiger partial charge in [0.2, 0.25) is 0 Å². The van der Waals surface area contributed by atoms with E-state index < -0.39 is 0 Å². The summed E-state index contributed by atoms with van der Waals surface area (Å²) in [5, 5.41) is 0.329. The third-order valence-electron chi connectivity index (χ3n) is 2.65. The molecule has 2 N–H and O–H groups in total. The molecule has 0 heterocycles. The summed E-state index contributed by atoms with van der Waals surface area (Å²) in [5.74, 6) is 0.293. The number of rotatable bonds is 3. The minimum Gasteiger partial charge on any atom is -0.496 e. The van der Waals surface area contributed by atoms with Crippen molar-refractivity contribution in [2.45, 2.75) is 0 Å². The van der Waals surface area contributed by atoms with E-state index in [0.29, 0.717) is 27.6 Å². The molecule has 0 atom stereocenters. The van der Waals surface area contributed by atoms with Crippen molar-refractivity contribution in [2.75, 3.05) is 12.8 Å². The Morgan fingerprint density at radius 2 is 1.89 bits per heavy atom. The van der Waals surface area contributed by atoms with Gasteiger partial charge in [-0.2, -0.15) is 0 Å². The van der Waals surface area contributed by atoms with Gasteiger partial charge in [-0.3, -0.25) is 4.79 Å². The highest BCUT2D eigenvalue weighted by Crippen LogP contribution is 2.28. The number of hydrogen-bond acceptors (Lipinski definition) is 3. The summed E-state index contributed by atoms with van der Waals surface area (Å²) in [6.45, 7) is 0. The second-order valence-corrected chi connectivity index (χ2v) is 5.24. The zero-order valence-corrected chi connectivity index (χ0v) is 12.5. The van der Waals surface area contributed by atoms with Gasteiger partial charge in [0.05, 0.1) is 17.7 Å². The fraction of sp³-hybridized carbons (Fsp3) is 0.0714. The number of carbonyl (C=O) groups is 1. The lowest BCUT2D eigenvalue weighted by atomic mass is 10.0. The summed E-state index contributed by atoms with van der Waals surface area (Å²) in [4.78, 5) is 12.4. The third kappa shape index (κ3) is 2.91. The fourth-order valence-electron chi connectivity index (χ4n) is 1.71. The summed E-state index contributed by atoms with van der Waals surface area (Å²) >= 11 is 9.38. The minimum atomic E-state index is -0.200. The summed E-state index contributed by atoms with van der Waals surface area (Å²) in [6.07, 6.45) is 0. The molecule has 0 aromatic heterocycles. The molecule has 0 aliphatic heterocycles. The van der Waals surface area contributed by atoms with Crippen LogP contribution in [0.5, 0.6) is 5.75 Å². The number of carbonyl (C=O) groups excluding carboxylic acids is 1. The van der Waals surface area contributed by atoms with Gasteiger partial charge in [0.25, 0.3) is 0 Å². The maximum atomic E-state index is 12.4. The average molecular weight is 341 g/mol. The van der Waals surface area contributed by atoms with Crippen LogP contribution in [0.3, 0.4) is 0 Å². The first-order valence-corrected chi connectivity index (χ1v) is 6.63. The van der Waals surface area contributed by atoms with Crippen LogP contribution < -0.4 is 10.5 Å². The van der Waals surface area contributed by atoms with Crippen LogP contribution in [0.25, 0.3) is 0 Å². The molecule has 0 aliphatic carbocycles. The van der Waals surface area contributed by atoms with E-state index in [1.165, 1.54) is 7.11 Å². The number of nitrogens with two attached hydrogens (primary N) is 1. The Hall–Kier alpha value is -1.52. The number of benzene rings is 2. The second kappa shape index (κ2) is 5.63. The van der Waals surface area contributed by atoms with Crippen molar-refractivity contribution in [1.29, 1.82) is 0 Å². The zero-order chi connectivity index (χ0) is 14.0. The summed E-state index contributed by atoms with van der Waals surface area (Å²) in [6, 6.07) is 10.0. The molecule has 0 fully saturated rings. The highest BCUT2D eigenvalue weighted by atomic mass is 79.9. The van der Waals surface area contributed by atoms with Gasteiger partial charge in [-0.05, 0) is 36.4 Å². The fourth-order valence-corrected chi connectivity index (χ4v) is 2.33. The molecule has 0 saturated heterocycles. The first kappa shape index (κ1) is 13.9. The van der Waals surface area contributed by atoms with Crippen LogP contribution in [0.2, 0.25) is 5.02 Å². The minimum absolute atomic E-state index is 0.200. The molecule has 2 aromatic carbocycles. The molecule has 0 saturated carbocycles. The predicted octanol–water partition coefficient (Wildman–Crippen LogP) is 3.92. The molecule has 5 heteroatoms. The van der Waals surface area contributed by atoms with Crippen LogP contribution in [-0.2, 0) is 0 Å². The summed E-state index contributed by atoms with van der Waals surface area (Å²) in [5.41, 5.74) is 6.99. The first-order chi connectivity index (χ1) is 9.02. The molecule has 2 rings (SSSR count). The van der Waals surface area contributed by atoms with Gasteiger partial charge in [0.1, 0.15) is 5.75 Å². The maximum absolute atomic E-state index is 12.4. The van der Waals surface area contributed by atoms with Gasteiger partial charge in [0, 0.05) is 15.7 Å². The molecule has 0 aliphatic rings. The van der Waals surface area contributed by atoms with Crippen LogP contribution in [0, 0.1) is 0 Å². The normalized spacial score (nSPS) is 10.3. The van der Waals surface area contributed by atoms with Crippen LogP contribution in [0.15, 0.2) is 40.9 Å². The summed E-state index contributed by atoms with van der Waals surface area (Å²) in [7, 11) is 1.52. The maximum Gasteiger partial charge on any atom is 0.198 e. The van der Waals surface area contributed by atoms with Gasteiger partial charge in [-0.15, -0.1) is 0 Å². The third-order valence-corrected chi connectivity index (χ3v) is 3.45. The van der Waals surface area contributed by atoms with Crippen molar-refractivity contribution in [3.8, 4) is 5.75 Å². The monoisotopic (exact) mass is 339 g/mol. The molecule has 2 aromatic rings. The Morgan fingerprint density at radius 3 is 2.53 bits per heavy atom. The number of hydrogen-bond donors (Lipinski definition) is 1. The van der Waals surface area contributed by atoms with Crippen molar-refractivity contribution in [3.05, 3.63) is 57.0 Å². The van der Waals surface area contributed by atoms with Gasteiger partial charge in [-0.25, -0.2) is 0 Å². The molecule has 0 amide bonds. The second-order valence-electron chi connectivity index (χ2n) is 3.91. The Bertz CT molecular complexity index is 643. The van der Waals surface area contributed by atoms with Crippen LogP contribution in [0.4, 0.5) is 5.69 Å². The molecule has 19 heavy (non-hydrogen) atoms. The lowest BCUT2D eigenvalue weighted by molar-refractivity contribution is 0.103. The molecular formula is C14H11BrClNO2. The van der Waals surface area contributed by atoms with Crippen molar-refractivity contribution in [1.82, 2.24) is 0 Å². The van der Waals surface area contributed by atoms with E-state index in [2.05, 4.69) is 15.9 Å². The predicted molar refractivity (Wildman–Crippen MR) is 80.0 cm³/mol. The van der Waals surface area contributed by atoms with E-state index in [1.807, 2.05) is 0 Å². The Balaban J connectivity index is 2.50. The van der Waals surface area contributed by atoms with Gasteiger partial charge in [-0.1, -0.05) is 27.5 Å². The SMILES string of the molecule is COc1cc(Br)ccc1C(=O)c1ccc(N)cc1Cl. The number of ether oxygens (including phenoxy) is 1. The molecule has 0 radical (unpaired) electrons. The summed E-state index contributed by atoms with van der Waals surface area (Å²) < 4.78 is 6.05. The molecule has 0 spiro atoms. The number of halogens is 2. The Kier molecular flexibility index (Phi) is 4.12. The van der Waals surface area contributed by atoms with Gasteiger partial charge < -0.3 is 10.5 Å². The Morgan fingerprint density at radius 1 is 1.21 bits per heavy atom. The molecule has 0 unspecified atom stereocenters. The van der Waals surface area contributed by atoms with Gasteiger partial charge >= 0.3 is 0 Å². The van der Waals surface area contributed by atoms with Crippen molar-refractivity contribution >= 4 is 39.0 Å². The van der Waals surface area contributed by atoms with E-state index >= 15 is 0 Å². The van der Waals surface area contributed by atoms with E-state index in [0.717, 1.165) is 4.47 Å². The van der Waals surface area contributed by atoms with Gasteiger partial charge in [0.15, 0.2) is 5.78 Å². The average Bonchev–Trinajstić information content (AvgIpc) is 2.37. The lowest BCUT2D eigenvalue weighted by Crippen LogP contribution is -2.05. The quantitative estimate of drug-likeness (QED) is 0.680. The highest BCUT2D eigenvalue weighted by Gasteiger charge is 2.17. The Labute approximate surface area is 124 Å². The zero-order valence-electron chi connectivity index (χ0n) is 10.1. The van der Waals surface area contributed by atoms with E-state index in [4.69, 9.17) is 22.1 Å². The highest BCUT2D eigenvalue weighted by molar-refractivity contribution is 9.10. The largest absolute Gasteiger partial charge is 0.496 e. The van der Waals surface area contributed by atoms with Crippen LogP contribution in [0.1, 0.15) is 15.9 Å². The molecular weight excluding hydrogens is 330 g/mol. The topological polar surface area (TPSA) is 52.3 Å². The van der Waals surface area contributed by atoms with E-state index in [9.17, 15) is 4.79 Å². The van der Waals surface area contributed by atoms with Crippen LogP contribution >= 0.6 is 27.5 Å². The number of nitrogen functional groups attached to an aromatic ring is 1. The lowest BCUT2D eigenvalue weighted by Gasteiger charge is -2.09. The number of anilines is 1.